The predicted octanol–water partition coefficient (Wildman–Crippen LogP) is 3.47. The van der Waals surface area contributed by atoms with E-state index in [1.165, 1.54) is 0 Å². The molecule has 19 heavy (non-hydrogen) atoms. The van der Waals surface area contributed by atoms with Crippen molar-refractivity contribution in [3.8, 4) is 0 Å². The molecule has 0 saturated carbocycles. The molecule has 0 radical (unpaired) electrons. The standard InChI is InChI=1S/C15H22ClN3/c1-3-12(4-2)14(16)10-17-9-13-11-19-8-6-5-7-15(19)18-13/h5-8,11-12,14,17H,3-4,9-10H2,1-2H3. The van der Waals surface area contributed by atoms with Gasteiger partial charge in [-0.2, -0.15) is 0 Å². The van der Waals surface area contributed by atoms with Gasteiger partial charge in [-0.05, 0) is 18.1 Å². The smallest absolute Gasteiger partial charge is 0.137 e. The van der Waals surface area contributed by atoms with E-state index in [-0.39, 0.29) is 5.38 Å². The van der Waals surface area contributed by atoms with Crippen LogP contribution >= 0.6 is 11.6 Å². The first-order valence-electron chi connectivity index (χ1n) is 7.02. The zero-order valence-electron chi connectivity index (χ0n) is 11.6. The van der Waals surface area contributed by atoms with Crippen LogP contribution in [0, 0.1) is 5.92 Å². The van der Waals surface area contributed by atoms with Crippen molar-refractivity contribution in [2.24, 2.45) is 5.92 Å². The Labute approximate surface area is 120 Å². The molecule has 1 unspecified atom stereocenters. The van der Waals surface area contributed by atoms with Gasteiger partial charge in [0.2, 0.25) is 0 Å². The fourth-order valence-electron chi connectivity index (χ4n) is 2.38. The molecule has 2 heterocycles. The number of nitrogens with one attached hydrogen (secondary N) is 1. The van der Waals surface area contributed by atoms with Crippen LogP contribution in [-0.2, 0) is 6.54 Å². The van der Waals surface area contributed by atoms with Gasteiger partial charge < -0.3 is 9.72 Å². The van der Waals surface area contributed by atoms with Gasteiger partial charge in [-0.15, -0.1) is 11.6 Å². The van der Waals surface area contributed by atoms with Gasteiger partial charge in [0.1, 0.15) is 5.65 Å². The first-order valence-corrected chi connectivity index (χ1v) is 7.45. The summed E-state index contributed by atoms with van der Waals surface area (Å²) < 4.78 is 2.04. The second-order valence-corrected chi connectivity index (χ2v) is 5.48. The third-order valence-electron chi connectivity index (χ3n) is 3.62. The number of pyridine rings is 1. The highest BCUT2D eigenvalue weighted by Gasteiger charge is 2.15. The van der Waals surface area contributed by atoms with E-state index in [1.807, 2.05) is 28.8 Å². The lowest BCUT2D eigenvalue weighted by Crippen LogP contribution is -2.28. The van der Waals surface area contributed by atoms with Gasteiger partial charge in [-0.3, -0.25) is 0 Å². The Hall–Kier alpha value is -1.06. The Morgan fingerprint density at radius 3 is 2.79 bits per heavy atom. The summed E-state index contributed by atoms with van der Waals surface area (Å²) in [6, 6.07) is 6.02. The van der Waals surface area contributed by atoms with E-state index >= 15 is 0 Å². The van der Waals surface area contributed by atoms with E-state index in [9.17, 15) is 0 Å². The minimum atomic E-state index is 0.201. The lowest BCUT2D eigenvalue weighted by molar-refractivity contribution is 0.445. The largest absolute Gasteiger partial charge is 0.310 e. The van der Waals surface area contributed by atoms with E-state index in [1.54, 1.807) is 0 Å². The molecule has 0 aliphatic rings. The Kier molecular flexibility index (Phi) is 5.23. The quantitative estimate of drug-likeness (QED) is 0.787. The third-order valence-corrected chi connectivity index (χ3v) is 4.13. The van der Waals surface area contributed by atoms with E-state index in [4.69, 9.17) is 11.6 Å². The van der Waals surface area contributed by atoms with E-state index < -0.39 is 0 Å². The summed E-state index contributed by atoms with van der Waals surface area (Å²) >= 11 is 6.40. The van der Waals surface area contributed by atoms with Crippen LogP contribution in [0.15, 0.2) is 30.6 Å². The molecule has 0 aliphatic heterocycles. The molecule has 0 aromatic carbocycles. The number of hydrogen-bond donors (Lipinski definition) is 1. The highest BCUT2D eigenvalue weighted by molar-refractivity contribution is 6.21. The fourth-order valence-corrected chi connectivity index (χ4v) is 2.84. The maximum atomic E-state index is 6.40. The van der Waals surface area contributed by atoms with Crippen molar-refractivity contribution in [3.05, 3.63) is 36.3 Å². The molecule has 2 rings (SSSR count). The van der Waals surface area contributed by atoms with Crippen LogP contribution in [0.1, 0.15) is 32.4 Å². The Morgan fingerprint density at radius 1 is 1.32 bits per heavy atom. The maximum absolute atomic E-state index is 6.40. The molecule has 0 fully saturated rings. The average molecular weight is 280 g/mol. The molecule has 0 amide bonds. The van der Waals surface area contributed by atoms with Crippen molar-refractivity contribution in [2.45, 2.75) is 38.6 Å². The summed E-state index contributed by atoms with van der Waals surface area (Å²) in [6.45, 7) is 6.00. The van der Waals surface area contributed by atoms with Crippen LogP contribution in [0.5, 0.6) is 0 Å². The number of halogens is 1. The van der Waals surface area contributed by atoms with Crippen LogP contribution < -0.4 is 5.32 Å². The van der Waals surface area contributed by atoms with Crippen LogP contribution in [-0.4, -0.2) is 21.3 Å². The van der Waals surface area contributed by atoms with Gasteiger partial charge in [0.25, 0.3) is 0 Å². The van der Waals surface area contributed by atoms with E-state index in [2.05, 4.69) is 30.3 Å². The number of imidazole rings is 1. The van der Waals surface area contributed by atoms with Crippen LogP contribution in [0.4, 0.5) is 0 Å². The number of hydrogen-bond acceptors (Lipinski definition) is 2. The summed E-state index contributed by atoms with van der Waals surface area (Å²) in [4.78, 5) is 4.55. The highest BCUT2D eigenvalue weighted by Crippen LogP contribution is 2.17. The second-order valence-electron chi connectivity index (χ2n) is 4.92. The number of aromatic nitrogens is 2. The number of nitrogens with zero attached hydrogens (tertiary/aromatic N) is 2. The normalized spacial score (nSPS) is 13.3. The van der Waals surface area contributed by atoms with Crippen molar-refractivity contribution in [1.29, 1.82) is 0 Å². The molecule has 0 bridgehead atoms. The van der Waals surface area contributed by atoms with Crippen molar-refractivity contribution in [1.82, 2.24) is 14.7 Å². The first-order chi connectivity index (χ1) is 9.24. The first kappa shape index (κ1) is 14.4. The molecular weight excluding hydrogens is 258 g/mol. The molecule has 2 aromatic rings. The summed E-state index contributed by atoms with van der Waals surface area (Å²) in [5.74, 6) is 0.593. The summed E-state index contributed by atoms with van der Waals surface area (Å²) in [5.41, 5.74) is 2.04. The van der Waals surface area contributed by atoms with Gasteiger partial charge in [0.15, 0.2) is 0 Å². The van der Waals surface area contributed by atoms with Crippen molar-refractivity contribution in [2.75, 3.05) is 6.54 Å². The Bertz CT molecular complexity index is 472. The Balaban J connectivity index is 1.85. The molecule has 1 N–H and O–H groups in total. The zero-order valence-corrected chi connectivity index (χ0v) is 12.4. The molecule has 0 spiro atoms. The third kappa shape index (κ3) is 3.71. The summed E-state index contributed by atoms with van der Waals surface area (Å²) in [7, 11) is 0. The lowest BCUT2D eigenvalue weighted by atomic mass is 9.99. The molecule has 0 saturated heterocycles. The Morgan fingerprint density at radius 2 is 2.11 bits per heavy atom. The molecule has 4 heteroatoms. The molecule has 2 aromatic heterocycles. The molecule has 3 nitrogen and oxygen atoms in total. The van der Waals surface area contributed by atoms with Crippen molar-refractivity contribution >= 4 is 17.2 Å². The lowest BCUT2D eigenvalue weighted by Gasteiger charge is -2.19. The summed E-state index contributed by atoms with van der Waals surface area (Å²) in [5, 5.41) is 3.60. The van der Waals surface area contributed by atoms with Crippen molar-refractivity contribution < 1.29 is 0 Å². The predicted molar refractivity (Wildman–Crippen MR) is 80.6 cm³/mol. The fraction of sp³-hybridized carbons (Fsp3) is 0.533. The van der Waals surface area contributed by atoms with Crippen LogP contribution in [0.3, 0.4) is 0 Å². The van der Waals surface area contributed by atoms with Gasteiger partial charge in [-0.1, -0.05) is 32.8 Å². The molecule has 0 aliphatic carbocycles. The molecule has 1 atom stereocenters. The molecular formula is C15H22ClN3. The van der Waals surface area contributed by atoms with Gasteiger partial charge in [-0.25, -0.2) is 4.98 Å². The SMILES string of the molecule is CCC(CC)C(Cl)CNCc1cn2ccccc2n1. The minimum Gasteiger partial charge on any atom is -0.310 e. The van der Waals surface area contributed by atoms with Gasteiger partial charge in [0, 0.05) is 30.9 Å². The minimum absolute atomic E-state index is 0.201. The van der Waals surface area contributed by atoms with Gasteiger partial charge >= 0.3 is 0 Å². The van der Waals surface area contributed by atoms with Gasteiger partial charge in [0.05, 0.1) is 5.69 Å². The number of fused-ring (bicyclic) bond motifs is 1. The highest BCUT2D eigenvalue weighted by atomic mass is 35.5. The average Bonchev–Trinajstić information content (AvgIpc) is 2.82. The number of alkyl halides is 1. The summed E-state index contributed by atoms with van der Waals surface area (Å²) in [6.07, 6.45) is 6.35. The zero-order chi connectivity index (χ0) is 13.7. The van der Waals surface area contributed by atoms with E-state index in [0.29, 0.717) is 5.92 Å². The topological polar surface area (TPSA) is 29.3 Å². The van der Waals surface area contributed by atoms with Crippen LogP contribution in [0.25, 0.3) is 5.65 Å². The second kappa shape index (κ2) is 6.92. The van der Waals surface area contributed by atoms with Crippen molar-refractivity contribution in [3.63, 3.8) is 0 Å². The monoisotopic (exact) mass is 279 g/mol. The molecule has 104 valence electrons. The maximum Gasteiger partial charge on any atom is 0.137 e. The van der Waals surface area contributed by atoms with E-state index in [0.717, 1.165) is 37.3 Å². The van der Waals surface area contributed by atoms with Crippen LogP contribution in [0.2, 0.25) is 0 Å². The number of rotatable bonds is 7.